The predicted molar refractivity (Wildman–Crippen MR) is 116 cm³/mol. The number of benzene rings is 2. The van der Waals surface area contributed by atoms with E-state index in [0.29, 0.717) is 42.2 Å². The molecule has 1 amide bonds. The topological polar surface area (TPSA) is 113 Å². The van der Waals surface area contributed by atoms with Gasteiger partial charge in [0.2, 0.25) is 0 Å². The van der Waals surface area contributed by atoms with Crippen LogP contribution in [0.2, 0.25) is 0 Å². The van der Waals surface area contributed by atoms with Crippen LogP contribution in [0.1, 0.15) is 33.7 Å². The van der Waals surface area contributed by atoms with Crippen molar-refractivity contribution in [2.24, 2.45) is 0 Å². The van der Waals surface area contributed by atoms with Gasteiger partial charge in [0.1, 0.15) is 23.1 Å². The molecule has 0 radical (unpaired) electrons. The zero-order valence-electron chi connectivity index (χ0n) is 16.6. The van der Waals surface area contributed by atoms with Crippen LogP contribution in [-0.2, 0) is 6.42 Å². The number of aromatic nitrogens is 3. The second-order valence-electron chi connectivity index (χ2n) is 7.20. The van der Waals surface area contributed by atoms with E-state index < -0.39 is 0 Å². The number of nitrogens with zero attached hydrogens (tertiary/aromatic N) is 3. The number of nitrogen functional groups attached to an aromatic ring is 1. The third-order valence-corrected chi connectivity index (χ3v) is 5.00. The van der Waals surface area contributed by atoms with Gasteiger partial charge in [0.15, 0.2) is 0 Å². The van der Waals surface area contributed by atoms with E-state index in [2.05, 4.69) is 21.5 Å². The van der Waals surface area contributed by atoms with Crippen LogP contribution in [0.5, 0.6) is 0 Å². The van der Waals surface area contributed by atoms with Gasteiger partial charge in [-0.1, -0.05) is 29.8 Å². The maximum absolute atomic E-state index is 12.4. The Hall–Kier alpha value is -4.05. The molecule has 4 N–H and O–H groups in total. The minimum absolute atomic E-state index is 0.154. The number of hydrogen-bond acceptors (Lipinski definition) is 4. The maximum Gasteiger partial charge on any atom is 0.267 e. The molecule has 150 valence electrons. The molecule has 4 rings (SSSR count). The van der Waals surface area contributed by atoms with E-state index in [-0.39, 0.29) is 5.91 Å². The van der Waals surface area contributed by atoms with Crippen molar-refractivity contribution >= 4 is 22.6 Å². The predicted octanol–water partition coefficient (Wildman–Crippen LogP) is 3.48. The van der Waals surface area contributed by atoms with Gasteiger partial charge in [-0.3, -0.25) is 4.79 Å². The summed E-state index contributed by atoms with van der Waals surface area (Å²) in [6, 6.07) is 19.5. The van der Waals surface area contributed by atoms with Crippen LogP contribution in [0.4, 0.5) is 5.82 Å². The molecule has 2 aromatic heterocycles. The Morgan fingerprint density at radius 2 is 2.03 bits per heavy atom. The van der Waals surface area contributed by atoms with Gasteiger partial charge in [0.05, 0.1) is 11.4 Å². The van der Waals surface area contributed by atoms with Crippen molar-refractivity contribution in [3.05, 3.63) is 77.1 Å². The minimum atomic E-state index is -0.154. The first-order chi connectivity index (χ1) is 14.6. The average Bonchev–Trinajstić information content (AvgIpc) is 3.32. The van der Waals surface area contributed by atoms with E-state index in [4.69, 9.17) is 5.73 Å². The lowest BCUT2D eigenvalue weighted by molar-refractivity contribution is 0.0949. The van der Waals surface area contributed by atoms with E-state index in [1.807, 2.05) is 61.5 Å². The largest absolute Gasteiger partial charge is 0.382 e. The number of nitriles is 1. The van der Waals surface area contributed by atoms with Crippen LogP contribution in [0.25, 0.3) is 16.6 Å². The standard InChI is InChI=1S/C23H22N6O/c1-15-9-10-19-16(12-15)13-21(27-19)23(30)26-11-5-8-20-18(14-24)22(25)29(28-20)17-6-3-2-4-7-17/h2-4,6-7,9-10,12-13,27H,5,8,11,25H2,1H3,(H,26,30). The van der Waals surface area contributed by atoms with Crippen molar-refractivity contribution in [3.8, 4) is 11.8 Å². The Bertz CT molecular complexity index is 1250. The molecule has 7 heteroatoms. The highest BCUT2D eigenvalue weighted by Gasteiger charge is 2.16. The second-order valence-corrected chi connectivity index (χ2v) is 7.20. The molecule has 0 saturated heterocycles. The summed E-state index contributed by atoms with van der Waals surface area (Å²) in [5.74, 6) is 0.176. The number of anilines is 1. The molecule has 0 aliphatic heterocycles. The molecule has 0 spiro atoms. The molecule has 2 heterocycles. The number of rotatable bonds is 6. The molecular weight excluding hydrogens is 376 g/mol. The van der Waals surface area contributed by atoms with Gasteiger partial charge in [-0.15, -0.1) is 0 Å². The van der Waals surface area contributed by atoms with Crippen LogP contribution in [0.15, 0.2) is 54.6 Å². The number of nitrogens with one attached hydrogen (secondary N) is 2. The fourth-order valence-electron chi connectivity index (χ4n) is 3.47. The quantitative estimate of drug-likeness (QED) is 0.432. The molecule has 4 aromatic rings. The van der Waals surface area contributed by atoms with Gasteiger partial charge in [-0.25, -0.2) is 4.68 Å². The molecule has 0 aliphatic rings. The normalized spacial score (nSPS) is 10.8. The molecule has 0 atom stereocenters. The molecule has 2 aromatic carbocycles. The van der Waals surface area contributed by atoms with Crippen LogP contribution < -0.4 is 11.1 Å². The third kappa shape index (κ3) is 3.76. The zero-order valence-corrected chi connectivity index (χ0v) is 16.6. The number of aromatic amines is 1. The number of nitrogens with two attached hydrogens (primary N) is 1. The Kier molecular flexibility index (Phi) is 5.22. The molecule has 0 saturated carbocycles. The zero-order chi connectivity index (χ0) is 21.1. The van der Waals surface area contributed by atoms with E-state index in [1.54, 1.807) is 4.68 Å². The number of carbonyl (C=O) groups is 1. The fraction of sp³-hybridized carbons (Fsp3) is 0.174. The Morgan fingerprint density at radius 3 is 2.80 bits per heavy atom. The Balaban J connectivity index is 1.39. The van der Waals surface area contributed by atoms with Crippen molar-refractivity contribution in [3.63, 3.8) is 0 Å². The highest BCUT2D eigenvalue weighted by atomic mass is 16.1. The Morgan fingerprint density at radius 1 is 1.23 bits per heavy atom. The van der Waals surface area contributed by atoms with Crippen molar-refractivity contribution in [1.29, 1.82) is 5.26 Å². The average molecular weight is 398 g/mol. The van der Waals surface area contributed by atoms with Crippen molar-refractivity contribution in [1.82, 2.24) is 20.1 Å². The number of hydrogen-bond donors (Lipinski definition) is 3. The highest BCUT2D eigenvalue weighted by Crippen LogP contribution is 2.21. The lowest BCUT2D eigenvalue weighted by atomic mass is 10.1. The number of para-hydroxylation sites is 1. The molecule has 30 heavy (non-hydrogen) atoms. The maximum atomic E-state index is 12.4. The lowest BCUT2D eigenvalue weighted by Crippen LogP contribution is -2.25. The first-order valence-corrected chi connectivity index (χ1v) is 9.77. The fourth-order valence-corrected chi connectivity index (χ4v) is 3.47. The van der Waals surface area contributed by atoms with Gasteiger partial charge in [0, 0.05) is 17.4 Å². The van der Waals surface area contributed by atoms with Gasteiger partial charge in [-0.2, -0.15) is 10.4 Å². The number of carbonyl (C=O) groups excluding carboxylic acids is 1. The Labute approximate surface area is 174 Å². The molecular formula is C23H22N6O. The monoisotopic (exact) mass is 398 g/mol. The minimum Gasteiger partial charge on any atom is -0.382 e. The van der Waals surface area contributed by atoms with Crippen LogP contribution in [0, 0.1) is 18.3 Å². The highest BCUT2D eigenvalue weighted by molar-refractivity contribution is 5.98. The van der Waals surface area contributed by atoms with Crippen LogP contribution in [0.3, 0.4) is 0 Å². The first-order valence-electron chi connectivity index (χ1n) is 9.77. The second kappa shape index (κ2) is 8.13. The summed E-state index contributed by atoms with van der Waals surface area (Å²) in [4.78, 5) is 15.6. The van der Waals surface area contributed by atoms with Gasteiger partial charge >= 0.3 is 0 Å². The molecule has 7 nitrogen and oxygen atoms in total. The third-order valence-electron chi connectivity index (χ3n) is 5.00. The first kappa shape index (κ1) is 19.3. The number of aryl methyl sites for hydroxylation is 2. The van der Waals surface area contributed by atoms with Crippen LogP contribution in [-0.4, -0.2) is 27.2 Å². The van der Waals surface area contributed by atoms with Crippen molar-refractivity contribution in [2.75, 3.05) is 12.3 Å². The summed E-state index contributed by atoms with van der Waals surface area (Å²) in [5.41, 5.74) is 10.6. The van der Waals surface area contributed by atoms with Crippen molar-refractivity contribution < 1.29 is 4.79 Å². The summed E-state index contributed by atoms with van der Waals surface area (Å²) in [5, 5.41) is 17.9. The van der Waals surface area contributed by atoms with E-state index in [9.17, 15) is 10.1 Å². The molecule has 0 unspecified atom stereocenters. The number of fused-ring (bicyclic) bond motifs is 1. The van der Waals surface area contributed by atoms with Gasteiger partial charge in [0.25, 0.3) is 5.91 Å². The van der Waals surface area contributed by atoms with E-state index in [0.717, 1.165) is 22.2 Å². The summed E-state index contributed by atoms with van der Waals surface area (Å²) < 4.78 is 1.58. The number of amides is 1. The van der Waals surface area contributed by atoms with Gasteiger partial charge < -0.3 is 16.0 Å². The number of H-pyrrole nitrogens is 1. The molecule has 0 bridgehead atoms. The summed E-state index contributed by atoms with van der Waals surface area (Å²) in [7, 11) is 0. The molecule has 0 fully saturated rings. The van der Waals surface area contributed by atoms with E-state index >= 15 is 0 Å². The molecule has 0 aliphatic carbocycles. The SMILES string of the molecule is Cc1ccc2[nH]c(C(=O)NCCCc3nn(-c4ccccc4)c(N)c3C#N)cc2c1. The van der Waals surface area contributed by atoms with Crippen molar-refractivity contribution in [2.45, 2.75) is 19.8 Å². The lowest BCUT2D eigenvalue weighted by Gasteiger charge is -2.03. The smallest absolute Gasteiger partial charge is 0.267 e. The van der Waals surface area contributed by atoms with Gasteiger partial charge in [-0.05, 0) is 50.1 Å². The summed E-state index contributed by atoms with van der Waals surface area (Å²) in [6.07, 6.45) is 1.18. The summed E-state index contributed by atoms with van der Waals surface area (Å²) >= 11 is 0. The summed E-state index contributed by atoms with van der Waals surface area (Å²) in [6.45, 7) is 2.49. The van der Waals surface area contributed by atoms with Crippen LogP contribution >= 0.6 is 0 Å². The van der Waals surface area contributed by atoms with E-state index in [1.165, 1.54) is 0 Å².